The Morgan fingerprint density at radius 2 is 1.77 bits per heavy atom. The van der Waals surface area contributed by atoms with Gasteiger partial charge < -0.3 is 10.5 Å². The molecule has 4 nitrogen and oxygen atoms in total. The number of carbonyl (C=O) groups is 1. The minimum absolute atomic E-state index is 0.0194. The third-order valence-electron chi connectivity index (χ3n) is 3.65. The first-order valence-corrected chi connectivity index (χ1v) is 7.30. The summed E-state index contributed by atoms with van der Waals surface area (Å²) in [5.74, 6) is -0.185. The Morgan fingerprint density at radius 1 is 1.14 bits per heavy atom. The number of carbonyl (C=O) groups excluding carboxylic acids is 1. The van der Waals surface area contributed by atoms with E-state index in [-0.39, 0.29) is 11.8 Å². The fraction of sp³-hybridized carbons (Fsp3) is 0.222. The standard InChI is InChI=1S/C18H20N2O2/c1-3-17(15-7-5-4-6-8-15)18(21)19-16-11-9-14(10-12-16)13(2)20-22/h4-12,17,22H,3H2,1-2H3,(H,19,21)/b20-13+. The molecule has 0 saturated heterocycles. The predicted molar refractivity (Wildman–Crippen MR) is 88.5 cm³/mol. The third kappa shape index (κ3) is 3.73. The zero-order valence-electron chi connectivity index (χ0n) is 12.8. The Hall–Kier alpha value is -2.62. The Balaban J connectivity index is 2.11. The van der Waals surface area contributed by atoms with Gasteiger partial charge >= 0.3 is 0 Å². The van der Waals surface area contributed by atoms with Crippen molar-refractivity contribution in [2.75, 3.05) is 5.32 Å². The Labute approximate surface area is 130 Å². The molecule has 1 atom stereocenters. The average molecular weight is 296 g/mol. The van der Waals surface area contributed by atoms with E-state index in [4.69, 9.17) is 5.21 Å². The van der Waals surface area contributed by atoms with E-state index in [0.717, 1.165) is 23.2 Å². The number of oxime groups is 1. The first-order valence-electron chi connectivity index (χ1n) is 7.30. The second-order valence-electron chi connectivity index (χ2n) is 5.12. The van der Waals surface area contributed by atoms with Crippen LogP contribution in [0.4, 0.5) is 5.69 Å². The van der Waals surface area contributed by atoms with Crippen molar-refractivity contribution in [2.24, 2.45) is 5.16 Å². The summed E-state index contributed by atoms with van der Waals surface area (Å²) in [7, 11) is 0. The number of nitrogens with one attached hydrogen (secondary N) is 1. The van der Waals surface area contributed by atoms with Crippen LogP contribution in [0.1, 0.15) is 37.3 Å². The minimum Gasteiger partial charge on any atom is -0.411 e. The van der Waals surface area contributed by atoms with Gasteiger partial charge in [-0.2, -0.15) is 0 Å². The number of benzene rings is 2. The molecule has 22 heavy (non-hydrogen) atoms. The molecule has 0 fully saturated rings. The van der Waals surface area contributed by atoms with Gasteiger partial charge in [0, 0.05) is 5.69 Å². The fourth-order valence-electron chi connectivity index (χ4n) is 2.34. The molecular formula is C18H20N2O2. The van der Waals surface area contributed by atoms with Gasteiger partial charge in [-0.25, -0.2) is 0 Å². The van der Waals surface area contributed by atoms with Gasteiger partial charge in [0.1, 0.15) is 0 Å². The second-order valence-corrected chi connectivity index (χ2v) is 5.12. The average Bonchev–Trinajstić information content (AvgIpc) is 2.56. The van der Waals surface area contributed by atoms with Crippen molar-refractivity contribution in [2.45, 2.75) is 26.2 Å². The van der Waals surface area contributed by atoms with E-state index < -0.39 is 0 Å². The van der Waals surface area contributed by atoms with Gasteiger partial charge in [0.15, 0.2) is 0 Å². The largest absolute Gasteiger partial charge is 0.411 e. The molecular weight excluding hydrogens is 276 g/mol. The van der Waals surface area contributed by atoms with Crippen LogP contribution in [0.25, 0.3) is 0 Å². The van der Waals surface area contributed by atoms with Gasteiger partial charge in [-0.1, -0.05) is 54.5 Å². The number of amides is 1. The van der Waals surface area contributed by atoms with Crippen LogP contribution in [-0.4, -0.2) is 16.8 Å². The van der Waals surface area contributed by atoms with Crippen molar-refractivity contribution < 1.29 is 10.0 Å². The highest BCUT2D eigenvalue weighted by molar-refractivity contribution is 5.99. The molecule has 2 aromatic carbocycles. The summed E-state index contributed by atoms with van der Waals surface area (Å²) in [5, 5.41) is 14.8. The second kappa shape index (κ2) is 7.41. The van der Waals surface area contributed by atoms with Gasteiger partial charge in [0.25, 0.3) is 0 Å². The van der Waals surface area contributed by atoms with Gasteiger partial charge in [0.05, 0.1) is 11.6 Å². The summed E-state index contributed by atoms with van der Waals surface area (Å²) in [6.07, 6.45) is 0.740. The molecule has 1 amide bonds. The topological polar surface area (TPSA) is 61.7 Å². The molecule has 0 aromatic heterocycles. The molecule has 0 aliphatic heterocycles. The van der Waals surface area contributed by atoms with E-state index in [0.29, 0.717) is 5.71 Å². The lowest BCUT2D eigenvalue weighted by Gasteiger charge is -2.15. The Morgan fingerprint density at radius 3 is 2.32 bits per heavy atom. The Bertz CT molecular complexity index is 649. The molecule has 0 aliphatic carbocycles. The van der Waals surface area contributed by atoms with Crippen molar-refractivity contribution in [1.29, 1.82) is 0 Å². The molecule has 0 heterocycles. The summed E-state index contributed by atoms with van der Waals surface area (Å²) >= 11 is 0. The predicted octanol–water partition coefficient (Wildman–Crippen LogP) is 4.02. The summed E-state index contributed by atoms with van der Waals surface area (Å²) in [6.45, 7) is 3.72. The smallest absolute Gasteiger partial charge is 0.231 e. The molecule has 1 unspecified atom stereocenters. The van der Waals surface area contributed by atoms with E-state index in [9.17, 15) is 4.79 Å². The maximum atomic E-state index is 12.4. The van der Waals surface area contributed by atoms with Gasteiger partial charge in [-0.15, -0.1) is 0 Å². The van der Waals surface area contributed by atoms with Crippen LogP contribution in [-0.2, 0) is 4.79 Å². The molecule has 0 radical (unpaired) electrons. The third-order valence-corrected chi connectivity index (χ3v) is 3.65. The lowest BCUT2D eigenvalue weighted by Crippen LogP contribution is -2.20. The number of nitrogens with zero attached hydrogens (tertiary/aromatic N) is 1. The summed E-state index contributed by atoms with van der Waals surface area (Å²) in [4.78, 5) is 12.4. The van der Waals surface area contributed by atoms with Gasteiger partial charge in [-0.05, 0) is 36.6 Å². The van der Waals surface area contributed by atoms with Crippen molar-refractivity contribution in [3.63, 3.8) is 0 Å². The molecule has 114 valence electrons. The summed E-state index contributed by atoms with van der Waals surface area (Å²) in [5.41, 5.74) is 3.10. The molecule has 0 saturated carbocycles. The molecule has 0 spiro atoms. The minimum atomic E-state index is -0.165. The van der Waals surface area contributed by atoms with E-state index in [1.807, 2.05) is 49.4 Å². The fourth-order valence-corrected chi connectivity index (χ4v) is 2.34. The summed E-state index contributed by atoms with van der Waals surface area (Å²) < 4.78 is 0. The lowest BCUT2D eigenvalue weighted by molar-refractivity contribution is -0.117. The highest BCUT2D eigenvalue weighted by atomic mass is 16.4. The molecule has 0 bridgehead atoms. The van der Waals surface area contributed by atoms with Crippen LogP contribution < -0.4 is 5.32 Å². The van der Waals surface area contributed by atoms with Crippen LogP contribution in [0, 0.1) is 0 Å². The monoisotopic (exact) mass is 296 g/mol. The molecule has 4 heteroatoms. The quantitative estimate of drug-likeness (QED) is 0.497. The molecule has 0 aliphatic rings. The maximum Gasteiger partial charge on any atom is 0.231 e. The number of anilines is 1. The normalized spacial score (nSPS) is 12.7. The van der Waals surface area contributed by atoms with E-state index in [2.05, 4.69) is 10.5 Å². The zero-order chi connectivity index (χ0) is 15.9. The lowest BCUT2D eigenvalue weighted by atomic mass is 9.95. The first-order chi connectivity index (χ1) is 10.7. The van der Waals surface area contributed by atoms with E-state index in [1.165, 1.54) is 0 Å². The van der Waals surface area contributed by atoms with Gasteiger partial charge in [0.2, 0.25) is 5.91 Å². The van der Waals surface area contributed by atoms with Crippen LogP contribution in [0.2, 0.25) is 0 Å². The first kappa shape index (κ1) is 15.8. The zero-order valence-corrected chi connectivity index (χ0v) is 12.8. The van der Waals surface area contributed by atoms with Gasteiger partial charge in [-0.3, -0.25) is 4.79 Å². The van der Waals surface area contributed by atoms with Crippen LogP contribution >= 0.6 is 0 Å². The molecule has 2 N–H and O–H groups in total. The number of hydrogen-bond acceptors (Lipinski definition) is 3. The molecule has 2 aromatic rings. The van der Waals surface area contributed by atoms with Crippen LogP contribution in [0.5, 0.6) is 0 Å². The van der Waals surface area contributed by atoms with Crippen molar-refractivity contribution in [3.8, 4) is 0 Å². The Kier molecular flexibility index (Phi) is 5.31. The highest BCUT2D eigenvalue weighted by Crippen LogP contribution is 2.21. The summed E-state index contributed by atoms with van der Waals surface area (Å²) in [6, 6.07) is 17.0. The highest BCUT2D eigenvalue weighted by Gasteiger charge is 2.18. The van der Waals surface area contributed by atoms with E-state index >= 15 is 0 Å². The van der Waals surface area contributed by atoms with E-state index in [1.54, 1.807) is 19.1 Å². The van der Waals surface area contributed by atoms with Crippen molar-refractivity contribution in [1.82, 2.24) is 0 Å². The molecule has 2 rings (SSSR count). The van der Waals surface area contributed by atoms with Crippen LogP contribution in [0.15, 0.2) is 59.8 Å². The van der Waals surface area contributed by atoms with Crippen molar-refractivity contribution in [3.05, 3.63) is 65.7 Å². The maximum absolute atomic E-state index is 12.4. The number of rotatable bonds is 5. The van der Waals surface area contributed by atoms with Crippen molar-refractivity contribution >= 4 is 17.3 Å². The van der Waals surface area contributed by atoms with Crippen LogP contribution in [0.3, 0.4) is 0 Å². The SMILES string of the molecule is CCC(C(=O)Nc1ccc(/C(C)=N/O)cc1)c1ccccc1. The number of hydrogen-bond donors (Lipinski definition) is 2.